The number of fused-ring (bicyclic) bond motifs is 1. The van der Waals surface area contributed by atoms with Crippen LogP contribution in [0.5, 0.6) is 0 Å². The van der Waals surface area contributed by atoms with Gasteiger partial charge in [0.15, 0.2) is 0 Å². The van der Waals surface area contributed by atoms with E-state index in [0.29, 0.717) is 24.7 Å². The Morgan fingerprint density at radius 3 is 2.76 bits per heavy atom. The molecule has 2 aliphatic carbocycles. The Hall–Kier alpha value is -1.39. The fourth-order valence-electron chi connectivity index (χ4n) is 4.02. The van der Waals surface area contributed by atoms with Crippen molar-refractivity contribution in [3.05, 3.63) is 11.8 Å². The van der Waals surface area contributed by atoms with Crippen LogP contribution in [0.2, 0.25) is 0 Å². The Labute approximate surface area is 125 Å². The van der Waals surface area contributed by atoms with Gasteiger partial charge in [-0.05, 0) is 37.5 Å². The van der Waals surface area contributed by atoms with Crippen molar-refractivity contribution in [3.8, 4) is 0 Å². The minimum absolute atomic E-state index is 0.158. The molecular formula is C16H24N2O3. The first kappa shape index (κ1) is 14.5. The van der Waals surface area contributed by atoms with Gasteiger partial charge in [0.25, 0.3) is 0 Å². The molecule has 3 rings (SSSR count). The average molecular weight is 292 g/mol. The van der Waals surface area contributed by atoms with Gasteiger partial charge in [-0.25, -0.2) is 0 Å². The number of carbonyl (C=O) groups is 1. The lowest BCUT2D eigenvalue weighted by atomic mass is 9.67. The Kier molecular flexibility index (Phi) is 4.56. The van der Waals surface area contributed by atoms with Crippen LogP contribution in [-0.2, 0) is 11.2 Å². The molecule has 2 aliphatic rings. The molecule has 21 heavy (non-hydrogen) atoms. The van der Waals surface area contributed by atoms with Gasteiger partial charge in [-0.1, -0.05) is 25.7 Å². The molecular weight excluding hydrogens is 268 g/mol. The van der Waals surface area contributed by atoms with Crippen LogP contribution in [0.25, 0.3) is 0 Å². The highest BCUT2D eigenvalue weighted by Crippen LogP contribution is 2.45. The molecule has 1 aromatic heterocycles. The first-order chi connectivity index (χ1) is 10.2. The average Bonchev–Trinajstić information content (AvgIpc) is 2.95. The second-order valence-corrected chi connectivity index (χ2v) is 6.60. The molecule has 0 saturated heterocycles. The van der Waals surface area contributed by atoms with Crippen LogP contribution in [0.15, 0.2) is 4.42 Å². The molecule has 0 radical (unpaired) electrons. The smallest absolute Gasteiger partial charge is 0.303 e. The van der Waals surface area contributed by atoms with E-state index in [2.05, 4.69) is 10.2 Å². The van der Waals surface area contributed by atoms with Crippen LogP contribution in [0.3, 0.4) is 0 Å². The van der Waals surface area contributed by atoms with E-state index in [0.717, 1.165) is 24.1 Å². The zero-order valence-corrected chi connectivity index (χ0v) is 12.5. The highest BCUT2D eigenvalue weighted by molar-refractivity contribution is 5.66. The monoisotopic (exact) mass is 292 g/mol. The van der Waals surface area contributed by atoms with Crippen molar-refractivity contribution < 1.29 is 14.3 Å². The highest BCUT2D eigenvalue weighted by atomic mass is 16.4. The molecule has 0 amide bonds. The van der Waals surface area contributed by atoms with Gasteiger partial charge < -0.3 is 9.52 Å². The molecule has 1 N–H and O–H groups in total. The number of carboxylic acid groups (broad SMARTS) is 1. The van der Waals surface area contributed by atoms with E-state index in [9.17, 15) is 4.79 Å². The molecule has 1 heterocycles. The third kappa shape index (κ3) is 3.63. The molecule has 116 valence electrons. The number of aliphatic carboxylic acids is 1. The quantitative estimate of drug-likeness (QED) is 0.898. The topological polar surface area (TPSA) is 76.2 Å². The van der Waals surface area contributed by atoms with Crippen molar-refractivity contribution in [2.24, 2.45) is 11.8 Å². The molecule has 0 spiro atoms. The maximum atomic E-state index is 10.5. The van der Waals surface area contributed by atoms with Crippen LogP contribution in [0.4, 0.5) is 0 Å². The van der Waals surface area contributed by atoms with E-state index < -0.39 is 5.97 Å². The van der Waals surface area contributed by atoms with Crippen LogP contribution in [-0.4, -0.2) is 21.3 Å². The SMILES string of the molecule is O=C(O)CCCc1nnc(C2CCC3CCCCC3C2)o1. The van der Waals surface area contributed by atoms with E-state index in [-0.39, 0.29) is 6.42 Å². The predicted molar refractivity (Wildman–Crippen MR) is 76.9 cm³/mol. The van der Waals surface area contributed by atoms with Crippen molar-refractivity contribution in [2.75, 3.05) is 0 Å². The van der Waals surface area contributed by atoms with Gasteiger partial charge in [-0.15, -0.1) is 10.2 Å². The summed E-state index contributed by atoms with van der Waals surface area (Å²) in [5, 5.41) is 16.9. The van der Waals surface area contributed by atoms with Crippen LogP contribution in [0, 0.1) is 11.8 Å². The molecule has 3 unspecified atom stereocenters. The minimum atomic E-state index is -0.773. The van der Waals surface area contributed by atoms with Gasteiger partial charge in [0.2, 0.25) is 11.8 Å². The Morgan fingerprint density at radius 2 is 1.95 bits per heavy atom. The largest absolute Gasteiger partial charge is 0.481 e. The van der Waals surface area contributed by atoms with Crippen molar-refractivity contribution >= 4 is 5.97 Å². The number of carboxylic acids is 1. The number of rotatable bonds is 5. The summed E-state index contributed by atoms with van der Waals surface area (Å²) in [7, 11) is 0. The minimum Gasteiger partial charge on any atom is -0.481 e. The first-order valence-electron chi connectivity index (χ1n) is 8.26. The summed E-state index contributed by atoms with van der Waals surface area (Å²) < 4.78 is 5.77. The molecule has 1 aromatic rings. The third-order valence-electron chi connectivity index (χ3n) is 5.15. The zero-order valence-electron chi connectivity index (χ0n) is 12.5. The van der Waals surface area contributed by atoms with Crippen LogP contribution < -0.4 is 0 Å². The van der Waals surface area contributed by atoms with Crippen molar-refractivity contribution in [1.29, 1.82) is 0 Å². The van der Waals surface area contributed by atoms with Crippen LogP contribution in [0.1, 0.15) is 75.5 Å². The first-order valence-corrected chi connectivity index (χ1v) is 8.26. The molecule has 0 aromatic carbocycles. The normalized spacial score (nSPS) is 29.0. The fraction of sp³-hybridized carbons (Fsp3) is 0.812. The Balaban J connectivity index is 1.54. The van der Waals surface area contributed by atoms with Gasteiger partial charge in [-0.2, -0.15) is 0 Å². The number of aromatic nitrogens is 2. The predicted octanol–water partition coefficient (Wildman–Crippen LogP) is 3.55. The van der Waals surface area contributed by atoms with Crippen molar-refractivity contribution in [2.45, 2.75) is 70.1 Å². The summed E-state index contributed by atoms with van der Waals surface area (Å²) in [6, 6.07) is 0. The number of nitrogens with zero attached hydrogens (tertiary/aromatic N) is 2. The standard InChI is InChI=1S/C16H24N2O3/c19-15(20)7-3-6-14-17-18-16(21-14)13-9-8-11-4-1-2-5-12(11)10-13/h11-13H,1-10H2,(H,19,20). The van der Waals surface area contributed by atoms with E-state index >= 15 is 0 Å². The van der Waals surface area contributed by atoms with Gasteiger partial charge in [0.1, 0.15) is 0 Å². The van der Waals surface area contributed by atoms with Gasteiger partial charge in [-0.3, -0.25) is 4.79 Å². The summed E-state index contributed by atoms with van der Waals surface area (Å²) in [5.41, 5.74) is 0. The van der Waals surface area contributed by atoms with E-state index in [1.807, 2.05) is 0 Å². The van der Waals surface area contributed by atoms with E-state index in [1.165, 1.54) is 38.5 Å². The summed E-state index contributed by atoms with van der Waals surface area (Å²) in [4.78, 5) is 10.5. The molecule has 2 fully saturated rings. The summed E-state index contributed by atoms with van der Waals surface area (Å²) in [6.07, 6.45) is 10.5. The number of hydrogen-bond donors (Lipinski definition) is 1. The summed E-state index contributed by atoms with van der Waals surface area (Å²) in [5.74, 6) is 2.80. The lowest BCUT2D eigenvalue weighted by molar-refractivity contribution is -0.137. The van der Waals surface area contributed by atoms with Gasteiger partial charge in [0, 0.05) is 18.8 Å². The van der Waals surface area contributed by atoms with Crippen molar-refractivity contribution in [1.82, 2.24) is 10.2 Å². The second kappa shape index (κ2) is 6.58. The highest BCUT2D eigenvalue weighted by Gasteiger charge is 2.34. The van der Waals surface area contributed by atoms with Crippen LogP contribution >= 0.6 is 0 Å². The van der Waals surface area contributed by atoms with E-state index in [4.69, 9.17) is 9.52 Å². The Bertz CT molecular complexity index is 486. The maximum absolute atomic E-state index is 10.5. The molecule has 0 bridgehead atoms. The Morgan fingerprint density at radius 1 is 1.14 bits per heavy atom. The van der Waals surface area contributed by atoms with Crippen molar-refractivity contribution in [3.63, 3.8) is 0 Å². The summed E-state index contributed by atoms with van der Waals surface area (Å²) in [6.45, 7) is 0. The molecule has 2 saturated carbocycles. The lowest BCUT2D eigenvalue weighted by Crippen LogP contribution is -2.26. The fourth-order valence-corrected chi connectivity index (χ4v) is 4.02. The second-order valence-electron chi connectivity index (χ2n) is 6.60. The summed E-state index contributed by atoms with van der Waals surface area (Å²) >= 11 is 0. The van der Waals surface area contributed by atoms with Gasteiger partial charge in [0.05, 0.1) is 0 Å². The molecule has 5 heteroatoms. The number of hydrogen-bond acceptors (Lipinski definition) is 4. The van der Waals surface area contributed by atoms with Gasteiger partial charge >= 0.3 is 5.97 Å². The third-order valence-corrected chi connectivity index (χ3v) is 5.15. The maximum Gasteiger partial charge on any atom is 0.303 e. The lowest BCUT2D eigenvalue weighted by Gasteiger charge is -2.38. The molecule has 0 aliphatic heterocycles. The number of aryl methyl sites for hydroxylation is 1. The zero-order chi connectivity index (χ0) is 14.7. The molecule has 3 atom stereocenters. The molecule has 5 nitrogen and oxygen atoms in total. The van der Waals surface area contributed by atoms with E-state index in [1.54, 1.807) is 0 Å².